The monoisotopic (exact) mass is 515 g/mol. The van der Waals surface area contributed by atoms with Crippen molar-refractivity contribution in [3.63, 3.8) is 0 Å². The smallest absolute Gasteiger partial charge is 0.0640 e. The van der Waals surface area contributed by atoms with E-state index < -0.39 is 0 Å². The molecule has 4 heteroatoms. The van der Waals surface area contributed by atoms with Gasteiger partial charge in [0.05, 0.1) is 11.0 Å². The van der Waals surface area contributed by atoms with Crippen LogP contribution in [-0.2, 0) is 0 Å². The van der Waals surface area contributed by atoms with Gasteiger partial charge in [-0.3, -0.25) is 0 Å². The van der Waals surface area contributed by atoms with E-state index in [1.165, 1.54) is 69.2 Å². The van der Waals surface area contributed by atoms with Crippen molar-refractivity contribution in [1.82, 2.24) is 4.57 Å². The third kappa shape index (κ3) is 2.99. The molecule has 0 fully saturated rings. The highest BCUT2D eigenvalue weighted by atomic mass is 33.1. The van der Waals surface area contributed by atoms with Gasteiger partial charge >= 0.3 is 0 Å². The van der Waals surface area contributed by atoms with E-state index in [0.29, 0.717) is 0 Å². The van der Waals surface area contributed by atoms with Crippen molar-refractivity contribution < 1.29 is 0 Å². The standard InChI is InChI=1S/C32H19NS.H2S2/c1-2-11-21(12-3-1)33-26-17-9-8-16-25(26)28-23-14-6-7-15-24(23)32-30(31(28)33)29-22-13-5-4-10-20(22)18-19-27(29)34-32;1-2/h1-19H;1-2H. The first-order valence-corrected chi connectivity index (χ1v) is 14.2. The minimum Gasteiger partial charge on any atom is -0.309 e. The van der Waals surface area contributed by atoms with Crippen molar-refractivity contribution >= 4 is 98.2 Å². The normalized spacial score (nSPS) is 11.6. The van der Waals surface area contributed by atoms with Crippen LogP contribution >= 0.6 is 34.7 Å². The van der Waals surface area contributed by atoms with E-state index in [9.17, 15) is 0 Å². The van der Waals surface area contributed by atoms with Gasteiger partial charge in [-0.25, -0.2) is 0 Å². The Labute approximate surface area is 222 Å². The number of thiophene rings is 1. The second kappa shape index (κ2) is 8.59. The van der Waals surface area contributed by atoms with Gasteiger partial charge in [-0.15, -0.1) is 34.7 Å². The fourth-order valence-corrected chi connectivity index (χ4v) is 7.04. The molecule has 2 heterocycles. The molecule has 2 aromatic heterocycles. The lowest BCUT2D eigenvalue weighted by Crippen LogP contribution is -1.93. The zero-order chi connectivity index (χ0) is 24.2. The molecule has 0 unspecified atom stereocenters. The summed E-state index contributed by atoms with van der Waals surface area (Å²) in [5.74, 6) is 0. The molecule has 0 N–H and O–H groups in total. The summed E-state index contributed by atoms with van der Waals surface area (Å²) in [6.07, 6.45) is 0. The van der Waals surface area contributed by atoms with E-state index in [2.05, 4.69) is 143 Å². The molecule has 0 aliphatic heterocycles. The summed E-state index contributed by atoms with van der Waals surface area (Å²) in [6, 6.07) is 42.0. The van der Waals surface area contributed by atoms with E-state index in [-0.39, 0.29) is 0 Å². The summed E-state index contributed by atoms with van der Waals surface area (Å²) >= 11 is 8.37. The SMILES string of the molecule is SS.c1ccc(-n2c3ccccc3c3c4ccccc4c4sc5ccc6ccccc6c5c4c32)cc1. The van der Waals surface area contributed by atoms with Gasteiger partial charge in [-0.2, -0.15) is 0 Å². The van der Waals surface area contributed by atoms with Crippen LogP contribution in [0.15, 0.2) is 115 Å². The molecule has 0 aliphatic rings. The van der Waals surface area contributed by atoms with Crippen LogP contribution in [-0.4, -0.2) is 4.57 Å². The molecule has 0 radical (unpaired) electrons. The first kappa shape index (κ1) is 21.8. The Balaban J connectivity index is 0.00000108. The summed E-state index contributed by atoms with van der Waals surface area (Å²) in [7, 11) is 0. The molecule has 36 heavy (non-hydrogen) atoms. The predicted octanol–water partition coefficient (Wildman–Crippen LogP) is 10.2. The molecule has 8 rings (SSSR count). The number of thiol groups is 2. The minimum absolute atomic E-state index is 1.20. The molecule has 6 aromatic carbocycles. The van der Waals surface area contributed by atoms with Gasteiger partial charge in [-0.1, -0.05) is 91.0 Å². The number of rotatable bonds is 1. The maximum atomic E-state index is 3.22. The molecule has 0 spiro atoms. The number of hydrogen-bond donors (Lipinski definition) is 2. The Morgan fingerprint density at radius 1 is 0.500 bits per heavy atom. The number of benzene rings is 6. The van der Waals surface area contributed by atoms with Crippen molar-refractivity contribution in [3.8, 4) is 5.69 Å². The van der Waals surface area contributed by atoms with Gasteiger partial charge in [0.2, 0.25) is 0 Å². The molecule has 172 valence electrons. The zero-order valence-electron chi connectivity index (χ0n) is 19.2. The van der Waals surface area contributed by atoms with Gasteiger partial charge in [0.1, 0.15) is 0 Å². The number of nitrogens with zero attached hydrogens (tertiary/aromatic N) is 1. The summed E-state index contributed by atoms with van der Waals surface area (Å²) in [5.41, 5.74) is 3.76. The number of aromatic nitrogens is 1. The average molecular weight is 516 g/mol. The fourth-order valence-electron chi connectivity index (χ4n) is 5.78. The van der Waals surface area contributed by atoms with Crippen LogP contribution in [0.5, 0.6) is 0 Å². The van der Waals surface area contributed by atoms with E-state index in [1.54, 1.807) is 0 Å². The van der Waals surface area contributed by atoms with Gasteiger partial charge < -0.3 is 4.57 Å². The largest absolute Gasteiger partial charge is 0.309 e. The van der Waals surface area contributed by atoms with Crippen LogP contribution in [0.3, 0.4) is 0 Å². The molecule has 0 saturated heterocycles. The van der Waals surface area contributed by atoms with Crippen LogP contribution in [0.2, 0.25) is 0 Å². The number of para-hydroxylation sites is 2. The zero-order valence-corrected chi connectivity index (χ0v) is 21.8. The van der Waals surface area contributed by atoms with Crippen molar-refractivity contribution in [1.29, 1.82) is 0 Å². The summed E-state index contributed by atoms with van der Waals surface area (Å²) in [4.78, 5) is 0. The second-order valence-electron chi connectivity index (χ2n) is 8.92. The summed E-state index contributed by atoms with van der Waals surface area (Å²) < 4.78 is 5.19. The van der Waals surface area contributed by atoms with Crippen LogP contribution in [0.4, 0.5) is 0 Å². The summed E-state index contributed by atoms with van der Waals surface area (Å²) in [5, 5.41) is 10.7. The van der Waals surface area contributed by atoms with Crippen LogP contribution in [0.25, 0.3) is 69.2 Å². The third-order valence-electron chi connectivity index (χ3n) is 7.15. The van der Waals surface area contributed by atoms with Crippen LogP contribution in [0.1, 0.15) is 0 Å². The molecule has 8 aromatic rings. The molecule has 0 saturated carbocycles. The lowest BCUT2D eigenvalue weighted by molar-refractivity contribution is 1.19. The van der Waals surface area contributed by atoms with Gasteiger partial charge in [0, 0.05) is 42.0 Å². The Morgan fingerprint density at radius 2 is 1.14 bits per heavy atom. The van der Waals surface area contributed by atoms with E-state index in [0.717, 1.165) is 0 Å². The first-order valence-electron chi connectivity index (χ1n) is 11.8. The lowest BCUT2D eigenvalue weighted by atomic mass is 9.97. The summed E-state index contributed by atoms with van der Waals surface area (Å²) in [6.45, 7) is 0. The fraction of sp³-hybridized carbons (Fsp3) is 0. The molecule has 1 nitrogen and oxygen atoms in total. The Morgan fingerprint density at radius 3 is 1.94 bits per heavy atom. The highest BCUT2D eigenvalue weighted by Gasteiger charge is 2.22. The molecular weight excluding hydrogens is 495 g/mol. The van der Waals surface area contributed by atoms with E-state index in [4.69, 9.17) is 0 Å². The maximum absolute atomic E-state index is 3.22. The van der Waals surface area contributed by atoms with Crippen molar-refractivity contribution in [3.05, 3.63) is 115 Å². The quantitative estimate of drug-likeness (QED) is 0.158. The number of fused-ring (bicyclic) bond motifs is 12. The van der Waals surface area contributed by atoms with Crippen molar-refractivity contribution in [2.45, 2.75) is 0 Å². The Bertz CT molecular complexity index is 2070. The molecule has 0 bridgehead atoms. The molecule has 0 atom stereocenters. The topological polar surface area (TPSA) is 4.93 Å². The van der Waals surface area contributed by atoms with E-state index >= 15 is 0 Å². The van der Waals surface area contributed by atoms with Gasteiger partial charge in [0.25, 0.3) is 0 Å². The van der Waals surface area contributed by atoms with Gasteiger partial charge in [-0.05, 0) is 40.4 Å². The predicted molar refractivity (Wildman–Crippen MR) is 167 cm³/mol. The third-order valence-corrected chi connectivity index (χ3v) is 8.34. The highest BCUT2D eigenvalue weighted by molar-refractivity contribution is 8.59. The highest BCUT2D eigenvalue weighted by Crippen LogP contribution is 2.49. The van der Waals surface area contributed by atoms with E-state index in [1.807, 2.05) is 11.3 Å². The first-order chi connectivity index (χ1) is 17.9. The Hall–Kier alpha value is -3.44. The minimum atomic E-state index is 1.20. The molecular formula is C32H21NS3. The van der Waals surface area contributed by atoms with Gasteiger partial charge in [0.15, 0.2) is 0 Å². The number of hydrogen-bond acceptors (Lipinski definition) is 3. The molecule has 0 amide bonds. The maximum Gasteiger partial charge on any atom is 0.0640 e. The van der Waals surface area contributed by atoms with Crippen LogP contribution in [0, 0.1) is 0 Å². The lowest BCUT2D eigenvalue weighted by Gasteiger charge is -2.11. The van der Waals surface area contributed by atoms with Crippen LogP contribution < -0.4 is 0 Å². The van der Waals surface area contributed by atoms with Crippen molar-refractivity contribution in [2.75, 3.05) is 0 Å². The van der Waals surface area contributed by atoms with Crippen molar-refractivity contribution in [2.24, 2.45) is 0 Å². The second-order valence-corrected chi connectivity index (χ2v) is 9.98. The molecule has 0 aliphatic carbocycles. The average Bonchev–Trinajstić information content (AvgIpc) is 3.52. The Kier molecular flexibility index (Phi) is 5.21.